The van der Waals surface area contributed by atoms with Gasteiger partial charge in [0.2, 0.25) is 16.0 Å². The third-order valence-electron chi connectivity index (χ3n) is 9.76. The summed E-state index contributed by atoms with van der Waals surface area (Å²) in [6.45, 7) is 6.68. The van der Waals surface area contributed by atoms with Gasteiger partial charge in [0.25, 0.3) is 0 Å². The van der Waals surface area contributed by atoms with Crippen molar-refractivity contribution in [3.05, 3.63) is 59.8 Å². The fourth-order valence-electron chi connectivity index (χ4n) is 7.21. The first-order valence-corrected chi connectivity index (χ1v) is 18.2. The molecule has 1 spiro atoms. The van der Waals surface area contributed by atoms with Crippen LogP contribution in [0.5, 0.6) is 0 Å². The molecule has 250 valence electrons. The zero-order chi connectivity index (χ0) is 32.8. The van der Waals surface area contributed by atoms with Crippen LogP contribution in [-0.4, -0.2) is 74.9 Å². The minimum absolute atomic E-state index is 0.216. The summed E-state index contributed by atoms with van der Waals surface area (Å²) in [5, 5.41) is 14.0. The Balaban J connectivity index is 1.11. The minimum Gasteiger partial charge on any atom is -0.369 e. The van der Waals surface area contributed by atoms with Crippen LogP contribution in [0.25, 0.3) is 11.0 Å². The Morgan fingerprint density at radius 2 is 1.83 bits per heavy atom. The summed E-state index contributed by atoms with van der Waals surface area (Å²) in [5.74, 6) is -0.122. The van der Waals surface area contributed by atoms with Gasteiger partial charge in [0, 0.05) is 61.6 Å². The molecule has 14 heteroatoms. The maximum atomic E-state index is 15.4. The number of nitrogens with zero attached hydrogens (tertiary/aromatic N) is 4. The molecule has 0 unspecified atom stereocenters. The average Bonchev–Trinajstić information content (AvgIpc) is 3.66. The number of likely N-dealkylation sites (N-methyl/N-ethyl adjacent to an activating group) is 1. The lowest BCUT2D eigenvalue weighted by Crippen LogP contribution is -2.44. The van der Waals surface area contributed by atoms with E-state index in [4.69, 9.17) is 4.98 Å². The van der Waals surface area contributed by atoms with Crippen molar-refractivity contribution in [1.82, 2.24) is 25.6 Å². The highest BCUT2D eigenvalue weighted by atomic mass is 32.2. The minimum atomic E-state index is -3.67. The van der Waals surface area contributed by atoms with E-state index in [9.17, 15) is 8.42 Å². The van der Waals surface area contributed by atoms with Crippen molar-refractivity contribution in [2.75, 3.05) is 65.4 Å². The lowest BCUT2D eigenvalue weighted by Gasteiger charge is -2.38. The molecule has 4 aromatic rings. The fourth-order valence-corrected chi connectivity index (χ4v) is 8.22. The molecule has 0 atom stereocenters. The summed E-state index contributed by atoms with van der Waals surface area (Å²) in [4.78, 5) is 14.5. The Hall–Kier alpha value is -4.01. The number of piperidine rings is 1. The highest BCUT2D eigenvalue weighted by Crippen LogP contribution is 2.56. The first kappa shape index (κ1) is 31.6. The van der Waals surface area contributed by atoms with E-state index in [1.165, 1.54) is 16.4 Å². The Morgan fingerprint density at radius 1 is 1.02 bits per heavy atom. The maximum Gasteiger partial charge on any atom is 0.232 e. The van der Waals surface area contributed by atoms with E-state index < -0.39 is 21.3 Å². The summed E-state index contributed by atoms with van der Waals surface area (Å²) in [5.41, 5.74) is 2.27. The number of aromatic amines is 1. The number of nitrogens with one attached hydrogen (secondary N) is 5. The van der Waals surface area contributed by atoms with Gasteiger partial charge in [-0.2, -0.15) is 9.97 Å². The molecule has 2 aromatic carbocycles. The predicted octanol–water partition coefficient (Wildman–Crippen LogP) is 5.09. The third kappa shape index (κ3) is 6.09. The monoisotopic (exact) mass is 665 g/mol. The van der Waals surface area contributed by atoms with Crippen molar-refractivity contribution >= 4 is 55.6 Å². The second-order valence-electron chi connectivity index (χ2n) is 12.8. The summed E-state index contributed by atoms with van der Waals surface area (Å²) in [6.07, 6.45) is 7.17. The molecule has 0 bridgehead atoms. The predicted molar refractivity (Wildman–Crippen MR) is 183 cm³/mol. The van der Waals surface area contributed by atoms with Gasteiger partial charge in [0.1, 0.15) is 23.1 Å². The molecular weight excluding hydrogens is 624 g/mol. The van der Waals surface area contributed by atoms with Crippen LogP contribution >= 0.6 is 0 Å². The van der Waals surface area contributed by atoms with Crippen LogP contribution in [0.2, 0.25) is 0 Å². The van der Waals surface area contributed by atoms with Crippen LogP contribution in [0.15, 0.2) is 42.6 Å². The number of hydrogen-bond acceptors (Lipinski definition) is 9. The largest absolute Gasteiger partial charge is 0.369 e. The Bertz CT molecular complexity index is 1890. The second-order valence-corrected chi connectivity index (χ2v) is 14.7. The molecule has 2 fully saturated rings. The standard InChI is InChI=1S/C33H41F2N9O2S/c1-3-36-15-16-37-21-10-17-43(18-11-21)27-8-5-22(19-25(27)35)39-32-41-30-23(9-14-38-30)31(42-32)40-26-7-6-24(34)28-29(26)44(47(2,45)46)20-33(28)12-4-13-33/h5-9,14,19,21,36-37H,3-4,10-13,15-18,20H2,1-2H3,(H3,38,39,40,41,42). The zero-order valence-corrected chi connectivity index (χ0v) is 27.5. The number of benzene rings is 2. The maximum absolute atomic E-state index is 15.4. The van der Waals surface area contributed by atoms with Crippen LogP contribution in [0, 0.1) is 11.6 Å². The summed E-state index contributed by atoms with van der Waals surface area (Å²) < 4.78 is 57.9. The SMILES string of the molecule is CCNCCNC1CCN(c2ccc(Nc3nc(Nc4ccc(F)c5c4N(S(C)(=O)=O)CC54CCC4)c4cc[nH]c4n3)cc2F)CC1. The number of H-pyrrole nitrogens is 1. The van der Waals surface area contributed by atoms with Gasteiger partial charge in [-0.25, -0.2) is 17.2 Å². The quantitative estimate of drug-likeness (QED) is 0.139. The van der Waals surface area contributed by atoms with Crippen molar-refractivity contribution in [3.63, 3.8) is 0 Å². The molecule has 0 radical (unpaired) electrons. The van der Waals surface area contributed by atoms with E-state index in [0.717, 1.165) is 71.1 Å². The van der Waals surface area contributed by atoms with Crippen LogP contribution in [-0.2, 0) is 15.4 Å². The van der Waals surface area contributed by atoms with Crippen molar-refractivity contribution in [2.24, 2.45) is 0 Å². The second kappa shape index (κ2) is 12.5. The van der Waals surface area contributed by atoms with Crippen LogP contribution in [0.3, 0.4) is 0 Å². The molecule has 2 aromatic heterocycles. The summed E-state index contributed by atoms with van der Waals surface area (Å²) in [6, 6.07) is 10.2. The van der Waals surface area contributed by atoms with Gasteiger partial charge in [0.15, 0.2) is 0 Å². The Labute approximate surface area is 273 Å². The molecule has 4 heterocycles. The number of rotatable bonds is 11. The molecule has 11 nitrogen and oxygen atoms in total. The Morgan fingerprint density at radius 3 is 2.53 bits per heavy atom. The van der Waals surface area contributed by atoms with Gasteiger partial charge in [-0.15, -0.1) is 0 Å². The van der Waals surface area contributed by atoms with Crippen LogP contribution < -0.4 is 30.5 Å². The first-order chi connectivity index (χ1) is 22.6. The molecular formula is C33H41F2N9O2S. The third-order valence-corrected chi connectivity index (χ3v) is 10.9. The number of fused-ring (bicyclic) bond motifs is 3. The number of hydrogen-bond donors (Lipinski definition) is 5. The van der Waals surface area contributed by atoms with Gasteiger partial charge in [0.05, 0.1) is 28.7 Å². The van der Waals surface area contributed by atoms with E-state index in [0.29, 0.717) is 51.2 Å². The number of anilines is 6. The van der Waals surface area contributed by atoms with Crippen LogP contribution in [0.1, 0.15) is 44.6 Å². The molecule has 3 aliphatic rings. The molecule has 0 amide bonds. The normalized spacial score (nSPS) is 17.7. The smallest absolute Gasteiger partial charge is 0.232 e. The zero-order valence-electron chi connectivity index (χ0n) is 26.7. The van der Waals surface area contributed by atoms with E-state index in [2.05, 4.69) is 43.1 Å². The molecule has 47 heavy (non-hydrogen) atoms. The number of aromatic nitrogens is 3. The fraction of sp³-hybridized carbons (Fsp3) is 0.455. The number of sulfonamides is 1. The van der Waals surface area contributed by atoms with Crippen molar-refractivity contribution in [3.8, 4) is 0 Å². The van der Waals surface area contributed by atoms with Crippen molar-refractivity contribution < 1.29 is 17.2 Å². The van der Waals surface area contributed by atoms with Gasteiger partial charge in [-0.1, -0.05) is 13.3 Å². The van der Waals surface area contributed by atoms with E-state index >= 15 is 8.78 Å². The molecule has 7 rings (SSSR count). The Kier molecular flexibility index (Phi) is 8.43. The van der Waals surface area contributed by atoms with Gasteiger partial charge in [-0.05, 0) is 68.6 Å². The molecule has 1 saturated carbocycles. The lowest BCUT2D eigenvalue weighted by molar-refractivity contribution is 0.260. The summed E-state index contributed by atoms with van der Waals surface area (Å²) in [7, 11) is -3.67. The van der Waals surface area contributed by atoms with E-state index in [-0.39, 0.29) is 18.3 Å². The van der Waals surface area contributed by atoms with Gasteiger partial charge >= 0.3 is 0 Å². The van der Waals surface area contributed by atoms with Gasteiger partial charge in [-0.3, -0.25) is 4.31 Å². The molecule has 5 N–H and O–H groups in total. The topological polar surface area (TPSA) is 130 Å². The molecule has 2 aliphatic heterocycles. The highest BCUT2D eigenvalue weighted by Gasteiger charge is 2.52. The van der Waals surface area contributed by atoms with Crippen molar-refractivity contribution in [2.45, 2.75) is 50.5 Å². The lowest BCUT2D eigenvalue weighted by atomic mass is 9.65. The van der Waals surface area contributed by atoms with E-state index in [1.807, 2.05) is 12.1 Å². The molecule has 1 saturated heterocycles. The number of halogens is 2. The van der Waals surface area contributed by atoms with Gasteiger partial charge < -0.3 is 31.2 Å². The van der Waals surface area contributed by atoms with E-state index in [1.54, 1.807) is 18.3 Å². The highest BCUT2D eigenvalue weighted by molar-refractivity contribution is 7.92. The van der Waals surface area contributed by atoms with Crippen LogP contribution in [0.4, 0.5) is 43.3 Å². The average molecular weight is 666 g/mol. The van der Waals surface area contributed by atoms with Crippen molar-refractivity contribution in [1.29, 1.82) is 0 Å². The first-order valence-electron chi connectivity index (χ1n) is 16.3. The molecule has 1 aliphatic carbocycles. The summed E-state index contributed by atoms with van der Waals surface area (Å²) >= 11 is 0.